The first-order chi connectivity index (χ1) is 27.8. The minimum absolute atomic E-state index is 0. The predicted octanol–water partition coefficient (Wildman–Crippen LogP) is 16.3. The number of rotatable bonds is 3. The molecule has 345 valence electrons. The van der Waals surface area contributed by atoms with Crippen molar-refractivity contribution in [3.05, 3.63) is 118 Å². The average molecular weight is 1010 g/mol. The standard InChI is InChI=1S/3C19H29N.Ir/c3*1-10-9-18(15(6)12(3)11(10)2)19-16(7)13(4)14(5)17(8)20-19;/h3*13-14,16-17,19H,1-8H3;/q3*-2;. The van der Waals surface area contributed by atoms with Gasteiger partial charge in [-0.1, -0.05) is 202 Å². The molecule has 3 aliphatic rings. The van der Waals surface area contributed by atoms with Crippen LogP contribution in [-0.2, 0) is 20.1 Å². The third-order valence-corrected chi connectivity index (χ3v) is 18.1. The van der Waals surface area contributed by atoms with Gasteiger partial charge in [-0.15, -0.1) is 36.3 Å². The molecule has 0 N–H and O–H groups in total. The summed E-state index contributed by atoms with van der Waals surface area (Å²) in [5.74, 6) is 5.94. The number of piperidine rings is 3. The van der Waals surface area contributed by atoms with Crippen LogP contribution in [0.3, 0.4) is 0 Å². The molecule has 0 amide bonds. The molecule has 15 atom stereocenters. The summed E-state index contributed by atoms with van der Waals surface area (Å²) in [5, 5.41) is 15.3. The van der Waals surface area contributed by atoms with E-state index in [-0.39, 0.29) is 20.1 Å². The second-order valence-electron chi connectivity index (χ2n) is 20.9. The Hall–Kier alpha value is -1.81. The fourth-order valence-corrected chi connectivity index (χ4v) is 10.6. The van der Waals surface area contributed by atoms with E-state index in [0.29, 0.717) is 89.5 Å². The van der Waals surface area contributed by atoms with E-state index in [4.69, 9.17) is 16.0 Å². The van der Waals surface area contributed by atoms with E-state index < -0.39 is 0 Å². The molecule has 0 saturated carbocycles. The minimum Gasteiger partial charge on any atom is -0.654 e. The van der Waals surface area contributed by atoms with Gasteiger partial charge in [0, 0.05) is 20.1 Å². The van der Waals surface area contributed by atoms with E-state index >= 15 is 0 Å². The van der Waals surface area contributed by atoms with Gasteiger partial charge < -0.3 is 16.0 Å². The zero-order valence-electron chi connectivity index (χ0n) is 43.3. The zero-order chi connectivity index (χ0) is 45.6. The first-order valence-electron chi connectivity index (χ1n) is 23.8. The Labute approximate surface area is 391 Å². The Morgan fingerprint density at radius 2 is 0.459 bits per heavy atom. The van der Waals surface area contributed by atoms with Crippen LogP contribution in [0.2, 0.25) is 0 Å². The number of aryl methyl sites for hydroxylation is 3. The summed E-state index contributed by atoms with van der Waals surface area (Å²) < 4.78 is 0. The molecule has 61 heavy (non-hydrogen) atoms. The normalized spacial score (nSPS) is 33.7. The van der Waals surface area contributed by atoms with E-state index in [1.807, 2.05) is 0 Å². The number of hydrogen-bond donors (Lipinski definition) is 0. The number of nitrogens with zero attached hydrogens (tertiary/aromatic N) is 3. The molecule has 3 saturated heterocycles. The van der Waals surface area contributed by atoms with Gasteiger partial charge in [-0.25, -0.2) is 0 Å². The summed E-state index contributed by atoms with van der Waals surface area (Å²) >= 11 is 0. The van der Waals surface area contributed by atoms with Gasteiger partial charge >= 0.3 is 0 Å². The van der Waals surface area contributed by atoms with Crippen LogP contribution < -0.4 is 0 Å². The maximum atomic E-state index is 5.11. The monoisotopic (exact) mass is 1010 g/mol. The molecule has 3 fully saturated rings. The summed E-state index contributed by atoms with van der Waals surface area (Å²) in [4.78, 5) is 0. The Bertz CT molecular complexity index is 1740. The van der Waals surface area contributed by atoms with Gasteiger partial charge in [-0.3, -0.25) is 0 Å². The fourth-order valence-electron chi connectivity index (χ4n) is 10.6. The van der Waals surface area contributed by atoms with Gasteiger partial charge in [0.15, 0.2) is 0 Å². The summed E-state index contributed by atoms with van der Waals surface area (Å²) in [6, 6.07) is 13.2. The molecule has 1 radical (unpaired) electrons. The molecular formula is C57H87IrN3-6. The van der Waals surface area contributed by atoms with Crippen molar-refractivity contribution in [3.63, 3.8) is 0 Å². The molecule has 0 bridgehead atoms. The minimum atomic E-state index is 0. The summed E-state index contributed by atoms with van der Waals surface area (Å²) in [6.45, 7) is 54.6. The zero-order valence-corrected chi connectivity index (χ0v) is 45.7. The maximum absolute atomic E-state index is 5.11. The van der Waals surface area contributed by atoms with Crippen LogP contribution in [0.25, 0.3) is 16.0 Å². The topological polar surface area (TPSA) is 42.3 Å². The number of benzene rings is 3. The van der Waals surface area contributed by atoms with Crippen molar-refractivity contribution in [2.45, 2.75) is 202 Å². The molecule has 0 spiro atoms. The van der Waals surface area contributed by atoms with Crippen LogP contribution in [-0.4, -0.2) is 18.1 Å². The molecule has 3 aromatic carbocycles. The average Bonchev–Trinajstić information content (AvgIpc) is 3.22. The molecule has 3 aliphatic heterocycles. The molecular weight excluding hydrogens is 919 g/mol. The van der Waals surface area contributed by atoms with Crippen molar-refractivity contribution >= 4 is 0 Å². The predicted molar refractivity (Wildman–Crippen MR) is 262 cm³/mol. The second kappa shape index (κ2) is 21.5. The van der Waals surface area contributed by atoms with Crippen molar-refractivity contribution in [3.8, 4) is 0 Å². The molecule has 3 nitrogen and oxygen atoms in total. The van der Waals surface area contributed by atoms with E-state index in [9.17, 15) is 0 Å². The first kappa shape index (κ1) is 53.5. The molecule has 4 heteroatoms. The summed E-state index contributed by atoms with van der Waals surface area (Å²) in [5.41, 5.74) is 20.4. The molecule has 3 heterocycles. The molecule has 0 aliphatic carbocycles. The van der Waals surface area contributed by atoms with Crippen molar-refractivity contribution in [2.24, 2.45) is 53.3 Å². The third kappa shape index (κ3) is 10.8. The maximum Gasteiger partial charge on any atom is 0 e. The third-order valence-electron chi connectivity index (χ3n) is 18.1. The van der Waals surface area contributed by atoms with E-state index in [2.05, 4.69) is 184 Å². The summed E-state index contributed by atoms with van der Waals surface area (Å²) in [6.07, 6.45) is 0. The van der Waals surface area contributed by atoms with Crippen molar-refractivity contribution < 1.29 is 20.1 Å². The van der Waals surface area contributed by atoms with Crippen LogP contribution in [0.1, 0.15) is 185 Å². The van der Waals surface area contributed by atoms with Crippen LogP contribution in [0.5, 0.6) is 0 Å². The molecule has 0 aromatic heterocycles. The van der Waals surface area contributed by atoms with E-state index in [0.717, 1.165) is 0 Å². The Morgan fingerprint density at radius 3 is 0.656 bits per heavy atom. The Balaban J connectivity index is 0.000000242. The molecule has 3 aromatic rings. The Kier molecular flexibility index (Phi) is 18.8. The van der Waals surface area contributed by atoms with Crippen molar-refractivity contribution in [1.29, 1.82) is 0 Å². The van der Waals surface area contributed by atoms with Crippen molar-refractivity contribution in [2.75, 3.05) is 0 Å². The van der Waals surface area contributed by atoms with Crippen LogP contribution >= 0.6 is 0 Å². The van der Waals surface area contributed by atoms with Gasteiger partial charge in [-0.05, 0) is 17.8 Å². The molecule has 6 rings (SSSR count). The smallest absolute Gasteiger partial charge is 0 e. The van der Waals surface area contributed by atoms with Crippen LogP contribution in [0, 0.1) is 155 Å². The second-order valence-corrected chi connectivity index (χ2v) is 20.9. The van der Waals surface area contributed by atoms with Crippen LogP contribution in [0.15, 0.2) is 0 Å². The van der Waals surface area contributed by atoms with E-state index in [1.165, 1.54) is 83.5 Å². The van der Waals surface area contributed by atoms with Crippen molar-refractivity contribution in [1.82, 2.24) is 0 Å². The van der Waals surface area contributed by atoms with E-state index in [1.54, 1.807) is 0 Å². The van der Waals surface area contributed by atoms with Gasteiger partial charge in [0.25, 0.3) is 0 Å². The van der Waals surface area contributed by atoms with Gasteiger partial charge in [0.2, 0.25) is 0 Å². The largest absolute Gasteiger partial charge is 0.654 e. The van der Waals surface area contributed by atoms with Gasteiger partial charge in [0.1, 0.15) is 0 Å². The quantitative estimate of drug-likeness (QED) is 0.235. The molecule has 15 unspecified atom stereocenters. The summed E-state index contributed by atoms with van der Waals surface area (Å²) in [7, 11) is 0. The number of hydrogen-bond acceptors (Lipinski definition) is 0. The first-order valence-corrected chi connectivity index (χ1v) is 23.8. The van der Waals surface area contributed by atoms with Crippen LogP contribution in [0.4, 0.5) is 0 Å². The van der Waals surface area contributed by atoms with Gasteiger partial charge in [-0.2, -0.15) is 102 Å². The SMILES string of the molecule is Cc1[c-]c(C2[N-]C(C)C(C)C(C)C2C)c(C)c(C)c1C.Cc1[c-]c(C2[N-]C(C)C(C)C(C)C2C)c(C)c(C)c1C.Cc1[c-]c(C2[N-]C(C)C(C)C(C)C2C)c(C)c(C)c1C.[Ir]. The van der Waals surface area contributed by atoms with Gasteiger partial charge in [0.05, 0.1) is 0 Å². The Morgan fingerprint density at radius 1 is 0.262 bits per heavy atom. The fraction of sp³-hybridized carbons (Fsp3) is 0.684.